The van der Waals surface area contributed by atoms with Crippen molar-refractivity contribution in [2.75, 3.05) is 6.54 Å². The second kappa shape index (κ2) is 3.92. The number of aryl methyl sites for hydroxylation is 3. The summed E-state index contributed by atoms with van der Waals surface area (Å²) < 4.78 is 0. The van der Waals surface area contributed by atoms with Gasteiger partial charge in [0.2, 0.25) is 0 Å². The molecule has 0 amide bonds. The largest absolute Gasteiger partial charge is 0.387 e. The van der Waals surface area contributed by atoms with E-state index in [9.17, 15) is 5.11 Å². The van der Waals surface area contributed by atoms with Crippen LogP contribution in [0, 0.1) is 20.8 Å². The zero-order chi connectivity index (χ0) is 11.9. The average Bonchev–Trinajstić information content (AvgIpc) is 2.54. The van der Waals surface area contributed by atoms with Crippen LogP contribution < -0.4 is 5.73 Å². The Balaban J connectivity index is 2.78. The van der Waals surface area contributed by atoms with Crippen molar-refractivity contribution in [1.29, 1.82) is 0 Å². The minimum Gasteiger partial charge on any atom is -0.387 e. The molecule has 0 bridgehead atoms. The Morgan fingerprint density at radius 1 is 1.31 bits per heavy atom. The van der Waals surface area contributed by atoms with E-state index >= 15 is 0 Å². The van der Waals surface area contributed by atoms with Crippen molar-refractivity contribution >= 4 is 10.9 Å². The summed E-state index contributed by atoms with van der Waals surface area (Å²) in [4.78, 5) is 3.32. The van der Waals surface area contributed by atoms with Gasteiger partial charge in [0, 0.05) is 28.7 Å². The number of aromatic amines is 1. The highest BCUT2D eigenvalue weighted by Gasteiger charge is 2.16. The lowest BCUT2D eigenvalue weighted by Crippen LogP contribution is -2.12. The van der Waals surface area contributed by atoms with Crippen LogP contribution in [-0.4, -0.2) is 16.6 Å². The Morgan fingerprint density at radius 2 is 2.00 bits per heavy atom. The topological polar surface area (TPSA) is 62.0 Å². The first kappa shape index (κ1) is 11.2. The maximum absolute atomic E-state index is 9.93. The molecule has 1 atom stereocenters. The maximum atomic E-state index is 9.93. The van der Waals surface area contributed by atoms with E-state index in [2.05, 4.69) is 31.0 Å². The van der Waals surface area contributed by atoms with Crippen molar-refractivity contribution in [3.8, 4) is 0 Å². The zero-order valence-corrected chi connectivity index (χ0v) is 9.96. The van der Waals surface area contributed by atoms with Crippen molar-refractivity contribution < 1.29 is 5.11 Å². The van der Waals surface area contributed by atoms with E-state index in [1.165, 1.54) is 11.1 Å². The molecule has 16 heavy (non-hydrogen) atoms. The highest BCUT2D eigenvalue weighted by atomic mass is 16.3. The van der Waals surface area contributed by atoms with Crippen LogP contribution in [-0.2, 0) is 0 Å². The standard InChI is InChI=1S/C13H18N2O/c1-7-4-8(2)13-10(5-7)12(9(3)15-13)11(16)6-14/h4-5,11,15-16H,6,14H2,1-3H3. The molecule has 0 spiro atoms. The summed E-state index contributed by atoms with van der Waals surface area (Å²) in [6.45, 7) is 6.36. The van der Waals surface area contributed by atoms with Crippen molar-refractivity contribution in [3.05, 3.63) is 34.5 Å². The summed E-state index contributed by atoms with van der Waals surface area (Å²) in [7, 11) is 0. The van der Waals surface area contributed by atoms with Crippen molar-refractivity contribution in [2.24, 2.45) is 5.73 Å². The number of aliphatic hydroxyl groups excluding tert-OH is 1. The van der Waals surface area contributed by atoms with Crippen LogP contribution in [0.1, 0.15) is 28.5 Å². The number of nitrogens with one attached hydrogen (secondary N) is 1. The first-order valence-electron chi connectivity index (χ1n) is 5.52. The predicted molar refractivity (Wildman–Crippen MR) is 66.5 cm³/mol. The van der Waals surface area contributed by atoms with E-state index in [0.29, 0.717) is 0 Å². The second-order valence-electron chi connectivity index (χ2n) is 4.42. The second-order valence-corrected chi connectivity index (χ2v) is 4.42. The molecule has 3 heteroatoms. The van der Waals surface area contributed by atoms with Crippen molar-refractivity contribution in [3.63, 3.8) is 0 Å². The molecule has 4 N–H and O–H groups in total. The number of aromatic nitrogens is 1. The van der Waals surface area contributed by atoms with Crippen LogP contribution >= 0.6 is 0 Å². The number of benzene rings is 1. The van der Waals surface area contributed by atoms with Crippen molar-refractivity contribution in [1.82, 2.24) is 4.98 Å². The zero-order valence-electron chi connectivity index (χ0n) is 9.96. The average molecular weight is 218 g/mol. The van der Waals surface area contributed by atoms with E-state index in [1.54, 1.807) is 0 Å². The normalized spacial score (nSPS) is 13.3. The number of nitrogens with two attached hydrogens (primary N) is 1. The van der Waals surface area contributed by atoms with E-state index < -0.39 is 6.10 Å². The van der Waals surface area contributed by atoms with Gasteiger partial charge in [0.05, 0.1) is 6.10 Å². The Labute approximate surface area is 95.3 Å². The van der Waals surface area contributed by atoms with Crippen LogP contribution in [0.15, 0.2) is 12.1 Å². The first-order chi connectivity index (χ1) is 7.54. The highest BCUT2D eigenvalue weighted by molar-refractivity contribution is 5.88. The van der Waals surface area contributed by atoms with Gasteiger partial charge in [0.1, 0.15) is 0 Å². The molecule has 0 aliphatic heterocycles. The first-order valence-corrected chi connectivity index (χ1v) is 5.52. The van der Waals surface area contributed by atoms with Gasteiger partial charge in [-0.15, -0.1) is 0 Å². The molecule has 86 valence electrons. The molecule has 0 aliphatic rings. The highest BCUT2D eigenvalue weighted by Crippen LogP contribution is 2.30. The smallest absolute Gasteiger partial charge is 0.0935 e. The van der Waals surface area contributed by atoms with E-state index in [-0.39, 0.29) is 6.54 Å². The maximum Gasteiger partial charge on any atom is 0.0935 e. The van der Waals surface area contributed by atoms with Crippen LogP contribution in [0.5, 0.6) is 0 Å². The lowest BCUT2D eigenvalue weighted by Gasteiger charge is -2.08. The Bertz CT molecular complexity index is 528. The molecule has 0 fully saturated rings. The number of rotatable bonds is 2. The van der Waals surface area contributed by atoms with Gasteiger partial charge in [-0.2, -0.15) is 0 Å². The number of hydrogen-bond donors (Lipinski definition) is 3. The number of H-pyrrole nitrogens is 1. The molecule has 0 saturated heterocycles. The molecule has 2 rings (SSSR count). The summed E-state index contributed by atoms with van der Waals surface area (Å²) in [5.41, 5.74) is 11.0. The number of aliphatic hydroxyl groups is 1. The molecule has 3 nitrogen and oxygen atoms in total. The molecule has 2 aromatic rings. The van der Waals surface area contributed by atoms with Crippen molar-refractivity contribution in [2.45, 2.75) is 26.9 Å². The molecular formula is C13H18N2O. The van der Waals surface area contributed by atoms with Crippen LogP contribution in [0.3, 0.4) is 0 Å². The van der Waals surface area contributed by atoms with Gasteiger partial charge in [0.25, 0.3) is 0 Å². The number of fused-ring (bicyclic) bond motifs is 1. The molecule has 1 heterocycles. The summed E-state index contributed by atoms with van der Waals surface area (Å²) in [6, 6.07) is 4.23. The third-order valence-electron chi connectivity index (χ3n) is 3.04. The predicted octanol–water partition coefficient (Wildman–Crippen LogP) is 2.09. The van der Waals surface area contributed by atoms with Gasteiger partial charge in [-0.05, 0) is 32.4 Å². The monoisotopic (exact) mass is 218 g/mol. The van der Waals surface area contributed by atoms with E-state index in [4.69, 9.17) is 5.73 Å². The molecule has 0 aliphatic carbocycles. The summed E-state index contributed by atoms with van der Waals surface area (Å²) >= 11 is 0. The SMILES string of the molecule is Cc1cc(C)c2[nH]c(C)c(C(O)CN)c2c1. The lowest BCUT2D eigenvalue weighted by molar-refractivity contribution is 0.187. The quantitative estimate of drug-likeness (QED) is 0.722. The van der Waals surface area contributed by atoms with E-state index in [1.807, 2.05) is 6.92 Å². The van der Waals surface area contributed by atoms with Gasteiger partial charge in [0.15, 0.2) is 0 Å². The van der Waals surface area contributed by atoms with Crippen LogP contribution in [0.4, 0.5) is 0 Å². The van der Waals surface area contributed by atoms with Gasteiger partial charge in [-0.25, -0.2) is 0 Å². The Kier molecular flexibility index (Phi) is 2.74. The third kappa shape index (κ3) is 1.62. The minimum absolute atomic E-state index is 0.251. The van der Waals surface area contributed by atoms with Gasteiger partial charge in [-0.1, -0.05) is 11.6 Å². The van der Waals surface area contributed by atoms with Gasteiger partial charge >= 0.3 is 0 Å². The molecule has 1 unspecified atom stereocenters. The fourth-order valence-corrected chi connectivity index (χ4v) is 2.35. The molecule has 0 saturated carbocycles. The van der Waals surface area contributed by atoms with Gasteiger partial charge in [-0.3, -0.25) is 0 Å². The fraction of sp³-hybridized carbons (Fsp3) is 0.385. The summed E-state index contributed by atoms with van der Waals surface area (Å²) in [5.74, 6) is 0. The molecule has 1 aromatic heterocycles. The molecule has 0 radical (unpaired) electrons. The van der Waals surface area contributed by atoms with Crippen LogP contribution in [0.2, 0.25) is 0 Å². The van der Waals surface area contributed by atoms with E-state index in [0.717, 1.165) is 22.2 Å². The lowest BCUT2D eigenvalue weighted by atomic mass is 10.0. The fourth-order valence-electron chi connectivity index (χ4n) is 2.35. The summed E-state index contributed by atoms with van der Waals surface area (Å²) in [5, 5.41) is 11.0. The van der Waals surface area contributed by atoms with Crippen LogP contribution in [0.25, 0.3) is 10.9 Å². The Morgan fingerprint density at radius 3 is 2.62 bits per heavy atom. The summed E-state index contributed by atoms with van der Waals surface area (Å²) in [6.07, 6.45) is -0.588. The molecule has 1 aromatic carbocycles. The van der Waals surface area contributed by atoms with Gasteiger partial charge < -0.3 is 15.8 Å². The minimum atomic E-state index is -0.588. The number of hydrogen-bond acceptors (Lipinski definition) is 2. The Hall–Kier alpha value is -1.32. The third-order valence-corrected chi connectivity index (χ3v) is 3.04. The molecular weight excluding hydrogens is 200 g/mol.